The van der Waals surface area contributed by atoms with Crippen LogP contribution < -0.4 is 20.1 Å². The van der Waals surface area contributed by atoms with Gasteiger partial charge in [0.25, 0.3) is 5.91 Å². The first kappa shape index (κ1) is 25.8. The molecule has 0 saturated carbocycles. The van der Waals surface area contributed by atoms with Crippen molar-refractivity contribution in [1.82, 2.24) is 10.6 Å². The van der Waals surface area contributed by atoms with Gasteiger partial charge in [0, 0.05) is 19.0 Å². The lowest BCUT2D eigenvalue weighted by Crippen LogP contribution is -2.43. The Balaban J connectivity index is 1.97. The molecule has 1 aliphatic heterocycles. The summed E-state index contributed by atoms with van der Waals surface area (Å²) in [5.74, 6) is -0.557. The third-order valence-electron chi connectivity index (χ3n) is 4.86. The molecule has 0 bridgehead atoms. The molecule has 2 N–H and O–H groups in total. The zero-order valence-corrected chi connectivity index (χ0v) is 18.3. The number of carbonyl (C=O) groups is 2. The van der Waals surface area contributed by atoms with E-state index < -0.39 is 18.7 Å². The number of hydrogen-bond acceptors (Lipinski definition) is 6. The first-order valence-corrected chi connectivity index (χ1v) is 10.9. The van der Waals surface area contributed by atoms with Crippen LogP contribution >= 0.6 is 0 Å². The van der Waals surface area contributed by atoms with Crippen molar-refractivity contribution in [2.24, 2.45) is 0 Å². The Bertz CT molecular complexity index is 737. The van der Waals surface area contributed by atoms with Gasteiger partial charge in [-0.1, -0.05) is 6.42 Å². The van der Waals surface area contributed by atoms with E-state index >= 15 is 0 Å². The summed E-state index contributed by atoms with van der Waals surface area (Å²) in [5, 5.41) is 6.14. The Morgan fingerprint density at radius 2 is 2.00 bits per heavy atom. The molecular formula is C22H31F3N2O5. The summed E-state index contributed by atoms with van der Waals surface area (Å²) in [5.41, 5.74) is 0.103. The first-order valence-electron chi connectivity index (χ1n) is 10.9. The second-order valence-corrected chi connectivity index (χ2v) is 7.53. The van der Waals surface area contributed by atoms with Crippen molar-refractivity contribution in [3.63, 3.8) is 0 Å². The van der Waals surface area contributed by atoms with Gasteiger partial charge in [0.05, 0.1) is 18.8 Å². The predicted octanol–water partition coefficient (Wildman–Crippen LogP) is 3.61. The number of amides is 1. The van der Waals surface area contributed by atoms with Gasteiger partial charge in [0.1, 0.15) is 11.5 Å². The van der Waals surface area contributed by atoms with Crippen LogP contribution in [0.15, 0.2) is 18.2 Å². The van der Waals surface area contributed by atoms with Crippen molar-refractivity contribution in [2.75, 3.05) is 32.9 Å². The third kappa shape index (κ3) is 9.76. The zero-order chi connectivity index (χ0) is 23.4. The van der Waals surface area contributed by atoms with E-state index in [1.54, 1.807) is 6.92 Å². The number of benzene rings is 1. The highest BCUT2D eigenvalue weighted by atomic mass is 19.4. The Labute approximate surface area is 186 Å². The number of ether oxygens (including phenoxy) is 3. The molecule has 32 heavy (non-hydrogen) atoms. The van der Waals surface area contributed by atoms with Gasteiger partial charge in [-0.3, -0.25) is 9.59 Å². The molecule has 1 atom stereocenters. The van der Waals surface area contributed by atoms with E-state index in [0.717, 1.165) is 25.8 Å². The van der Waals surface area contributed by atoms with Gasteiger partial charge in [0.2, 0.25) is 0 Å². The lowest BCUT2D eigenvalue weighted by molar-refractivity contribution is -0.153. The molecule has 1 saturated heterocycles. The molecular weight excluding hydrogens is 429 g/mol. The molecule has 0 aliphatic carbocycles. The summed E-state index contributed by atoms with van der Waals surface area (Å²) in [6, 6.07) is 4.16. The summed E-state index contributed by atoms with van der Waals surface area (Å²) in [6.45, 7) is 2.15. The normalized spacial score (nSPS) is 16.3. The van der Waals surface area contributed by atoms with Crippen molar-refractivity contribution in [3.8, 4) is 11.5 Å². The van der Waals surface area contributed by atoms with Gasteiger partial charge in [-0.25, -0.2) is 0 Å². The van der Waals surface area contributed by atoms with Crippen LogP contribution in [0, 0.1) is 0 Å². The van der Waals surface area contributed by atoms with Crippen molar-refractivity contribution < 1.29 is 37.0 Å². The lowest BCUT2D eigenvalue weighted by atomic mass is 10.0. The van der Waals surface area contributed by atoms with Gasteiger partial charge < -0.3 is 24.8 Å². The molecule has 0 aromatic heterocycles. The fraction of sp³-hybridized carbons (Fsp3) is 0.636. The average molecular weight is 460 g/mol. The van der Waals surface area contributed by atoms with Crippen molar-refractivity contribution in [1.29, 1.82) is 0 Å². The van der Waals surface area contributed by atoms with Crippen LogP contribution in [-0.2, 0) is 9.53 Å². The maximum atomic E-state index is 12.8. The van der Waals surface area contributed by atoms with Crippen LogP contribution in [0.1, 0.15) is 55.8 Å². The minimum absolute atomic E-state index is 0.0714. The maximum Gasteiger partial charge on any atom is 0.422 e. The minimum atomic E-state index is -4.48. The maximum absolute atomic E-state index is 12.8. The summed E-state index contributed by atoms with van der Waals surface area (Å²) in [7, 11) is 0. The van der Waals surface area contributed by atoms with Gasteiger partial charge in [-0.15, -0.1) is 0 Å². The molecule has 7 nitrogen and oxygen atoms in total. The summed E-state index contributed by atoms with van der Waals surface area (Å²) < 4.78 is 52.8. The first-order chi connectivity index (χ1) is 15.3. The number of nitrogens with one attached hydrogen (secondary N) is 2. The van der Waals surface area contributed by atoms with Gasteiger partial charge in [0.15, 0.2) is 6.61 Å². The number of esters is 1. The number of unbranched alkanes of at least 4 members (excludes halogenated alkanes) is 1. The van der Waals surface area contributed by atoms with Crippen LogP contribution in [0.5, 0.6) is 11.5 Å². The number of rotatable bonds is 12. The minimum Gasteiger partial charge on any atom is -0.493 e. The molecule has 1 heterocycles. The second-order valence-electron chi connectivity index (χ2n) is 7.53. The number of hydrogen-bond donors (Lipinski definition) is 2. The van der Waals surface area contributed by atoms with Gasteiger partial charge in [-0.05, 0) is 57.4 Å². The fourth-order valence-corrected chi connectivity index (χ4v) is 3.26. The van der Waals surface area contributed by atoms with Gasteiger partial charge in [-0.2, -0.15) is 13.2 Å². The van der Waals surface area contributed by atoms with Crippen LogP contribution in [-0.4, -0.2) is 57.0 Å². The summed E-state index contributed by atoms with van der Waals surface area (Å²) in [6.07, 6.45) is 0.00942. The number of alkyl halides is 3. The van der Waals surface area contributed by atoms with Crippen molar-refractivity contribution >= 4 is 11.9 Å². The zero-order valence-electron chi connectivity index (χ0n) is 18.3. The highest BCUT2D eigenvalue weighted by Crippen LogP contribution is 2.26. The van der Waals surface area contributed by atoms with E-state index in [9.17, 15) is 22.8 Å². The Hall–Kier alpha value is -2.49. The third-order valence-corrected chi connectivity index (χ3v) is 4.86. The SMILES string of the molecule is CCOC(=O)CCCCOc1ccc(OCC(F)(F)F)cc1C(=O)NCC1CCCCN1. The quantitative estimate of drug-likeness (QED) is 0.366. The fourth-order valence-electron chi connectivity index (χ4n) is 3.26. The Morgan fingerprint density at radius 1 is 1.19 bits per heavy atom. The lowest BCUT2D eigenvalue weighted by Gasteiger charge is -2.24. The molecule has 1 aliphatic rings. The van der Waals surface area contributed by atoms with E-state index in [1.807, 2.05) is 0 Å². The monoisotopic (exact) mass is 460 g/mol. The average Bonchev–Trinajstić information content (AvgIpc) is 2.76. The van der Waals surface area contributed by atoms with E-state index in [0.29, 0.717) is 26.0 Å². The molecule has 1 unspecified atom stereocenters. The van der Waals surface area contributed by atoms with Gasteiger partial charge >= 0.3 is 12.1 Å². The van der Waals surface area contributed by atoms with E-state index in [4.69, 9.17) is 14.2 Å². The van der Waals surface area contributed by atoms with Crippen LogP contribution in [0.4, 0.5) is 13.2 Å². The Morgan fingerprint density at radius 3 is 2.69 bits per heavy atom. The van der Waals surface area contributed by atoms with Crippen LogP contribution in [0.2, 0.25) is 0 Å². The highest BCUT2D eigenvalue weighted by Gasteiger charge is 2.28. The summed E-state index contributed by atoms with van der Waals surface area (Å²) >= 11 is 0. The van der Waals surface area contributed by atoms with E-state index in [2.05, 4.69) is 10.6 Å². The van der Waals surface area contributed by atoms with E-state index in [-0.39, 0.29) is 42.1 Å². The largest absolute Gasteiger partial charge is 0.493 e. The molecule has 2 rings (SSSR count). The number of halogens is 3. The van der Waals surface area contributed by atoms with Crippen LogP contribution in [0.3, 0.4) is 0 Å². The molecule has 1 aromatic rings. The standard InChI is InChI=1S/C22H31F3N2O5/c1-2-30-20(28)8-4-6-12-31-19-10-9-17(32-15-22(23,24)25)13-18(19)21(29)27-14-16-7-3-5-11-26-16/h9-10,13,16,26H,2-8,11-12,14-15H2,1H3,(H,27,29). The molecule has 1 fully saturated rings. The predicted molar refractivity (Wildman–Crippen MR) is 112 cm³/mol. The molecule has 1 aromatic carbocycles. The van der Waals surface area contributed by atoms with Crippen molar-refractivity contribution in [2.45, 2.75) is 57.7 Å². The smallest absolute Gasteiger partial charge is 0.422 e. The van der Waals surface area contributed by atoms with Crippen LogP contribution in [0.25, 0.3) is 0 Å². The molecule has 180 valence electrons. The molecule has 10 heteroatoms. The number of piperidine rings is 1. The second kappa shape index (κ2) is 13.1. The number of carbonyl (C=O) groups excluding carboxylic acids is 2. The molecule has 0 spiro atoms. The Kier molecular flexibility index (Phi) is 10.6. The highest BCUT2D eigenvalue weighted by molar-refractivity contribution is 5.97. The van der Waals surface area contributed by atoms with Crippen molar-refractivity contribution in [3.05, 3.63) is 23.8 Å². The van der Waals surface area contributed by atoms with E-state index in [1.165, 1.54) is 18.2 Å². The molecule has 0 radical (unpaired) electrons. The molecule has 1 amide bonds. The summed E-state index contributed by atoms with van der Waals surface area (Å²) in [4.78, 5) is 24.1. The topological polar surface area (TPSA) is 85.9 Å².